The van der Waals surface area contributed by atoms with E-state index < -0.39 is 0 Å². The fraction of sp³-hybridized carbons (Fsp3) is 0.192. The van der Waals surface area contributed by atoms with Crippen LogP contribution in [-0.4, -0.2) is 12.5 Å². The molecule has 0 aliphatic carbocycles. The standard InChI is InChI=1S/C26H24F2N2O2/c1-2-3-16-32-23-14-4-18(5-15-23)25-17-24(29-21-10-6-19(27)7-11-21)26(31)30(25)22-12-8-20(28)9-13-22/h4-15,17,25,29H,2-3,16H2,1H3. The highest BCUT2D eigenvalue weighted by Gasteiger charge is 2.34. The molecule has 4 rings (SSSR count). The molecule has 32 heavy (non-hydrogen) atoms. The first-order valence-corrected chi connectivity index (χ1v) is 10.6. The van der Waals surface area contributed by atoms with Crippen LogP contribution in [0.4, 0.5) is 20.2 Å². The third-order valence-corrected chi connectivity index (χ3v) is 5.27. The molecule has 1 unspecified atom stereocenters. The Morgan fingerprint density at radius 3 is 2.16 bits per heavy atom. The monoisotopic (exact) mass is 434 g/mol. The topological polar surface area (TPSA) is 41.6 Å². The zero-order chi connectivity index (χ0) is 22.5. The van der Waals surface area contributed by atoms with Gasteiger partial charge in [-0.25, -0.2) is 8.78 Å². The maximum absolute atomic E-state index is 13.5. The van der Waals surface area contributed by atoms with Gasteiger partial charge in [0.05, 0.1) is 12.6 Å². The summed E-state index contributed by atoms with van der Waals surface area (Å²) in [7, 11) is 0. The molecule has 1 aliphatic heterocycles. The molecule has 3 aromatic rings. The molecule has 0 spiro atoms. The molecule has 0 fully saturated rings. The van der Waals surface area contributed by atoms with Crippen molar-refractivity contribution in [3.05, 3.63) is 102 Å². The molecule has 1 amide bonds. The Morgan fingerprint density at radius 2 is 1.53 bits per heavy atom. The molecule has 0 saturated carbocycles. The summed E-state index contributed by atoms with van der Waals surface area (Å²) in [4.78, 5) is 14.9. The Hall–Kier alpha value is -3.67. The van der Waals surface area contributed by atoms with Gasteiger partial charge in [-0.05, 0) is 78.7 Å². The third kappa shape index (κ3) is 4.80. The molecule has 164 valence electrons. The third-order valence-electron chi connectivity index (χ3n) is 5.27. The van der Waals surface area contributed by atoms with Crippen LogP contribution in [0.25, 0.3) is 0 Å². The van der Waals surface area contributed by atoms with E-state index in [-0.39, 0.29) is 23.6 Å². The molecule has 1 aliphatic rings. The summed E-state index contributed by atoms with van der Waals surface area (Å²) in [6, 6.07) is 18.8. The van der Waals surface area contributed by atoms with Gasteiger partial charge in [0.1, 0.15) is 23.1 Å². The Kier molecular flexibility index (Phi) is 6.50. The summed E-state index contributed by atoms with van der Waals surface area (Å²) in [5, 5.41) is 3.08. The second-order valence-corrected chi connectivity index (χ2v) is 7.58. The number of rotatable bonds is 8. The van der Waals surface area contributed by atoms with Gasteiger partial charge in [0.2, 0.25) is 0 Å². The van der Waals surface area contributed by atoms with Crippen LogP contribution < -0.4 is 15.0 Å². The molecule has 3 aromatic carbocycles. The van der Waals surface area contributed by atoms with E-state index in [0.717, 1.165) is 24.2 Å². The van der Waals surface area contributed by atoms with Crippen molar-refractivity contribution < 1.29 is 18.3 Å². The summed E-state index contributed by atoms with van der Waals surface area (Å²) in [6.07, 6.45) is 3.86. The number of unbranched alkanes of at least 4 members (excludes halogenated alkanes) is 1. The van der Waals surface area contributed by atoms with Crippen LogP contribution in [0.5, 0.6) is 5.75 Å². The smallest absolute Gasteiger partial charge is 0.275 e. The van der Waals surface area contributed by atoms with E-state index in [9.17, 15) is 13.6 Å². The zero-order valence-electron chi connectivity index (χ0n) is 17.7. The van der Waals surface area contributed by atoms with E-state index in [1.165, 1.54) is 24.3 Å². The average molecular weight is 434 g/mol. The van der Waals surface area contributed by atoms with E-state index in [2.05, 4.69) is 12.2 Å². The Morgan fingerprint density at radius 1 is 0.906 bits per heavy atom. The summed E-state index contributed by atoms with van der Waals surface area (Å²) < 4.78 is 32.5. The SMILES string of the molecule is CCCCOc1ccc(C2C=C(Nc3ccc(F)cc3)C(=O)N2c2ccc(F)cc2)cc1. The Balaban J connectivity index is 1.63. The van der Waals surface area contributed by atoms with Gasteiger partial charge in [-0.15, -0.1) is 0 Å². The van der Waals surface area contributed by atoms with Crippen molar-refractivity contribution in [3.8, 4) is 5.75 Å². The van der Waals surface area contributed by atoms with Crippen molar-refractivity contribution in [2.45, 2.75) is 25.8 Å². The van der Waals surface area contributed by atoms with Crippen molar-refractivity contribution in [2.24, 2.45) is 0 Å². The number of nitrogens with one attached hydrogen (secondary N) is 1. The maximum Gasteiger partial charge on any atom is 0.275 e. The number of benzene rings is 3. The number of halogens is 2. The van der Waals surface area contributed by atoms with Crippen LogP contribution in [-0.2, 0) is 4.79 Å². The van der Waals surface area contributed by atoms with Gasteiger partial charge < -0.3 is 10.1 Å². The lowest BCUT2D eigenvalue weighted by Gasteiger charge is -2.25. The molecule has 1 atom stereocenters. The van der Waals surface area contributed by atoms with Gasteiger partial charge in [-0.2, -0.15) is 0 Å². The van der Waals surface area contributed by atoms with Crippen LogP contribution in [0.2, 0.25) is 0 Å². The lowest BCUT2D eigenvalue weighted by atomic mass is 10.1. The van der Waals surface area contributed by atoms with E-state index in [4.69, 9.17) is 4.74 Å². The van der Waals surface area contributed by atoms with Gasteiger partial charge in [-0.1, -0.05) is 25.5 Å². The fourth-order valence-corrected chi connectivity index (χ4v) is 3.56. The summed E-state index contributed by atoms with van der Waals surface area (Å²) in [5.74, 6) is -0.208. The lowest BCUT2D eigenvalue weighted by Crippen LogP contribution is -2.30. The molecule has 0 saturated heterocycles. The van der Waals surface area contributed by atoms with Crippen LogP contribution in [0, 0.1) is 11.6 Å². The number of nitrogens with zero attached hydrogens (tertiary/aromatic N) is 1. The number of anilines is 2. The van der Waals surface area contributed by atoms with Crippen molar-refractivity contribution in [1.29, 1.82) is 0 Å². The van der Waals surface area contributed by atoms with E-state index in [0.29, 0.717) is 23.7 Å². The summed E-state index contributed by atoms with van der Waals surface area (Å²) in [6.45, 7) is 2.77. The first-order valence-electron chi connectivity index (χ1n) is 10.6. The minimum Gasteiger partial charge on any atom is -0.494 e. The minimum absolute atomic E-state index is 0.255. The van der Waals surface area contributed by atoms with Crippen LogP contribution in [0.15, 0.2) is 84.6 Å². The highest BCUT2D eigenvalue weighted by atomic mass is 19.1. The highest BCUT2D eigenvalue weighted by molar-refractivity contribution is 6.11. The van der Waals surface area contributed by atoms with E-state index in [1.807, 2.05) is 30.3 Å². The Bertz CT molecular complexity index is 1090. The van der Waals surface area contributed by atoms with E-state index in [1.54, 1.807) is 29.2 Å². The Labute approximate surface area is 186 Å². The van der Waals surface area contributed by atoms with Crippen molar-refractivity contribution in [1.82, 2.24) is 0 Å². The van der Waals surface area contributed by atoms with Gasteiger partial charge >= 0.3 is 0 Å². The van der Waals surface area contributed by atoms with Gasteiger partial charge in [0, 0.05) is 11.4 Å². The van der Waals surface area contributed by atoms with Crippen molar-refractivity contribution in [3.63, 3.8) is 0 Å². The molecule has 1 N–H and O–H groups in total. The largest absolute Gasteiger partial charge is 0.494 e. The first kappa shape index (κ1) is 21.6. The van der Waals surface area contributed by atoms with Crippen LogP contribution in [0.1, 0.15) is 31.4 Å². The second kappa shape index (κ2) is 9.64. The number of hydrogen-bond acceptors (Lipinski definition) is 3. The number of carbonyl (C=O) groups is 1. The molecule has 4 nitrogen and oxygen atoms in total. The predicted molar refractivity (Wildman–Crippen MR) is 122 cm³/mol. The van der Waals surface area contributed by atoms with Crippen molar-refractivity contribution in [2.75, 3.05) is 16.8 Å². The predicted octanol–water partition coefficient (Wildman–Crippen LogP) is 6.23. The number of carbonyl (C=O) groups excluding carboxylic acids is 1. The average Bonchev–Trinajstić information content (AvgIpc) is 3.12. The minimum atomic E-state index is -0.388. The number of amides is 1. The molecule has 0 radical (unpaired) electrons. The summed E-state index contributed by atoms with van der Waals surface area (Å²) in [5.41, 5.74) is 2.44. The van der Waals surface area contributed by atoms with Gasteiger partial charge in [0.15, 0.2) is 0 Å². The molecule has 1 heterocycles. The summed E-state index contributed by atoms with van der Waals surface area (Å²) >= 11 is 0. The van der Waals surface area contributed by atoms with Crippen molar-refractivity contribution >= 4 is 17.3 Å². The zero-order valence-corrected chi connectivity index (χ0v) is 17.7. The van der Waals surface area contributed by atoms with E-state index >= 15 is 0 Å². The maximum atomic E-state index is 13.5. The number of hydrogen-bond donors (Lipinski definition) is 1. The molecule has 0 bridgehead atoms. The molecule has 6 heteroatoms. The van der Waals surface area contributed by atoms with Gasteiger partial charge in [-0.3, -0.25) is 9.69 Å². The van der Waals surface area contributed by atoms with Crippen LogP contribution in [0.3, 0.4) is 0 Å². The lowest BCUT2D eigenvalue weighted by molar-refractivity contribution is -0.114. The fourth-order valence-electron chi connectivity index (χ4n) is 3.56. The van der Waals surface area contributed by atoms with Crippen LogP contribution >= 0.6 is 0 Å². The number of ether oxygens (including phenoxy) is 1. The second-order valence-electron chi connectivity index (χ2n) is 7.58. The highest BCUT2D eigenvalue weighted by Crippen LogP contribution is 2.36. The van der Waals surface area contributed by atoms with Gasteiger partial charge in [0.25, 0.3) is 5.91 Å². The molecular formula is C26H24F2N2O2. The first-order chi connectivity index (χ1) is 15.5. The quantitative estimate of drug-likeness (QED) is 0.428. The normalized spacial score (nSPS) is 15.6. The molecular weight excluding hydrogens is 410 g/mol. The molecule has 0 aromatic heterocycles.